The van der Waals surface area contributed by atoms with Gasteiger partial charge in [0, 0.05) is 29.9 Å². The zero-order chi connectivity index (χ0) is 12.6. The van der Waals surface area contributed by atoms with Crippen LogP contribution >= 0.6 is 23.2 Å². The lowest BCUT2D eigenvalue weighted by Gasteiger charge is -2.18. The van der Waals surface area contributed by atoms with Crippen molar-refractivity contribution < 1.29 is 14.7 Å². The number of rotatable bonds is 2. The standard InChI is InChI=1S/C11H9Cl2NO3/c12-7-1-2-9(8(13)4-7)14-5-6(11(16)17)3-10(14)15/h1-2,4,6H,3,5H2,(H,16,17)/p-1/t6-/m1/s1. The van der Waals surface area contributed by atoms with Gasteiger partial charge in [0.1, 0.15) is 0 Å². The summed E-state index contributed by atoms with van der Waals surface area (Å²) in [6, 6.07) is 4.71. The molecule has 0 aromatic heterocycles. The summed E-state index contributed by atoms with van der Waals surface area (Å²) >= 11 is 11.7. The van der Waals surface area contributed by atoms with Gasteiger partial charge in [0.15, 0.2) is 0 Å². The van der Waals surface area contributed by atoms with E-state index < -0.39 is 11.9 Å². The largest absolute Gasteiger partial charge is 0.550 e. The fourth-order valence-electron chi connectivity index (χ4n) is 1.80. The lowest BCUT2D eigenvalue weighted by atomic mass is 10.1. The number of anilines is 1. The molecule has 1 atom stereocenters. The van der Waals surface area contributed by atoms with Gasteiger partial charge in [-0.2, -0.15) is 0 Å². The summed E-state index contributed by atoms with van der Waals surface area (Å²) in [6.07, 6.45) is -0.0543. The van der Waals surface area contributed by atoms with Crippen LogP contribution in [0.3, 0.4) is 0 Å². The Bertz CT molecular complexity index is 490. The van der Waals surface area contributed by atoms with Gasteiger partial charge in [0.2, 0.25) is 5.91 Å². The van der Waals surface area contributed by atoms with Gasteiger partial charge in [0.05, 0.1) is 10.7 Å². The minimum Gasteiger partial charge on any atom is -0.550 e. The molecule has 17 heavy (non-hydrogen) atoms. The van der Waals surface area contributed by atoms with Gasteiger partial charge in [-0.15, -0.1) is 0 Å². The number of carbonyl (C=O) groups excluding carboxylic acids is 2. The van der Waals surface area contributed by atoms with Crippen LogP contribution in [-0.4, -0.2) is 18.4 Å². The van der Waals surface area contributed by atoms with Gasteiger partial charge in [-0.3, -0.25) is 4.79 Å². The number of halogens is 2. The molecule has 2 rings (SSSR count). The Hall–Kier alpha value is -1.26. The van der Waals surface area contributed by atoms with Crippen molar-refractivity contribution in [2.75, 3.05) is 11.4 Å². The average Bonchev–Trinajstić information content (AvgIpc) is 2.61. The zero-order valence-electron chi connectivity index (χ0n) is 8.65. The van der Waals surface area contributed by atoms with Gasteiger partial charge in [-0.1, -0.05) is 23.2 Å². The third kappa shape index (κ3) is 2.37. The van der Waals surface area contributed by atoms with Crippen LogP contribution in [0, 0.1) is 5.92 Å². The Morgan fingerprint density at radius 3 is 2.65 bits per heavy atom. The summed E-state index contributed by atoms with van der Waals surface area (Å²) in [4.78, 5) is 23.7. The number of benzene rings is 1. The number of aliphatic carboxylic acids is 1. The molecule has 4 nitrogen and oxygen atoms in total. The topological polar surface area (TPSA) is 60.4 Å². The molecule has 0 radical (unpaired) electrons. The fraction of sp³-hybridized carbons (Fsp3) is 0.273. The molecule has 0 unspecified atom stereocenters. The normalized spacial score (nSPS) is 19.8. The first kappa shape index (κ1) is 12.2. The van der Waals surface area contributed by atoms with E-state index in [-0.39, 0.29) is 18.9 Å². The summed E-state index contributed by atoms with van der Waals surface area (Å²) in [5.74, 6) is -2.27. The highest BCUT2D eigenvalue weighted by Crippen LogP contribution is 2.32. The monoisotopic (exact) mass is 272 g/mol. The van der Waals surface area contributed by atoms with Gasteiger partial charge in [-0.25, -0.2) is 0 Å². The lowest BCUT2D eigenvalue weighted by Crippen LogP contribution is -2.33. The summed E-state index contributed by atoms with van der Waals surface area (Å²) in [5.41, 5.74) is 0.477. The molecule has 0 spiro atoms. The third-order valence-corrected chi connectivity index (χ3v) is 3.20. The Balaban J connectivity index is 2.29. The van der Waals surface area contributed by atoms with Crippen molar-refractivity contribution in [2.24, 2.45) is 5.92 Å². The van der Waals surface area contributed by atoms with E-state index in [9.17, 15) is 14.7 Å². The van der Waals surface area contributed by atoms with E-state index in [1.165, 1.54) is 11.0 Å². The van der Waals surface area contributed by atoms with Crippen LogP contribution in [0.15, 0.2) is 18.2 Å². The van der Waals surface area contributed by atoms with Crippen molar-refractivity contribution in [3.8, 4) is 0 Å². The van der Waals surface area contributed by atoms with Gasteiger partial charge in [-0.05, 0) is 18.2 Å². The average molecular weight is 273 g/mol. The van der Waals surface area contributed by atoms with Crippen LogP contribution in [0.1, 0.15) is 6.42 Å². The third-order valence-electron chi connectivity index (χ3n) is 2.66. The maximum atomic E-state index is 11.7. The van der Waals surface area contributed by atoms with Crippen molar-refractivity contribution in [3.63, 3.8) is 0 Å². The molecule has 1 aromatic carbocycles. The second kappa shape index (κ2) is 4.55. The molecule has 1 aliphatic heterocycles. The summed E-state index contributed by atoms with van der Waals surface area (Å²) in [5, 5.41) is 11.5. The molecule has 0 saturated carbocycles. The van der Waals surface area contributed by atoms with Crippen molar-refractivity contribution >= 4 is 40.8 Å². The molecule has 0 N–H and O–H groups in total. The molecular formula is C11H8Cl2NO3-. The molecule has 1 amide bonds. The highest BCUT2D eigenvalue weighted by Gasteiger charge is 2.32. The van der Waals surface area contributed by atoms with Crippen LogP contribution in [0.2, 0.25) is 10.0 Å². The van der Waals surface area contributed by atoms with Crippen molar-refractivity contribution in [3.05, 3.63) is 28.2 Å². The van der Waals surface area contributed by atoms with E-state index in [0.717, 1.165) is 0 Å². The molecule has 0 aliphatic carbocycles. The first-order valence-corrected chi connectivity index (χ1v) is 5.71. The molecule has 1 aromatic rings. The maximum absolute atomic E-state index is 11.7. The van der Waals surface area contributed by atoms with Crippen LogP contribution in [0.4, 0.5) is 5.69 Å². The van der Waals surface area contributed by atoms with E-state index in [1.54, 1.807) is 12.1 Å². The van der Waals surface area contributed by atoms with Gasteiger partial charge >= 0.3 is 0 Å². The molecule has 6 heteroatoms. The van der Waals surface area contributed by atoms with Crippen molar-refractivity contribution in [1.82, 2.24) is 0 Å². The summed E-state index contributed by atoms with van der Waals surface area (Å²) < 4.78 is 0. The number of carboxylic acid groups (broad SMARTS) is 1. The predicted octanol–water partition coefficient (Wildman–Crippen LogP) is 1.10. The van der Waals surface area contributed by atoms with E-state index in [0.29, 0.717) is 15.7 Å². The number of hydrogen-bond donors (Lipinski definition) is 0. The molecule has 1 fully saturated rings. The minimum absolute atomic E-state index is 0.0543. The highest BCUT2D eigenvalue weighted by atomic mass is 35.5. The van der Waals surface area contributed by atoms with E-state index in [2.05, 4.69) is 0 Å². The second-order valence-corrected chi connectivity index (χ2v) is 4.66. The summed E-state index contributed by atoms with van der Waals surface area (Å²) in [7, 11) is 0. The predicted molar refractivity (Wildman–Crippen MR) is 61.9 cm³/mol. The van der Waals surface area contributed by atoms with E-state index in [1.807, 2.05) is 0 Å². The molecule has 1 aliphatic rings. The molecule has 1 heterocycles. The smallest absolute Gasteiger partial charge is 0.227 e. The number of amides is 1. The van der Waals surface area contributed by atoms with Gasteiger partial charge < -0.3 is 14.8 Å². The lowest BCUT2D eigenvalue weighted by molar-refractivity contribution is -0.310. The number of carboxylic acids is 1. The molecular weight excluding hydrogens is 265 g/mol. The SMILES string of the molecule is O=C([O-])[C@@H]1CC(=O)N(c2ccc(Cl)cc2Cl)C1. The molecule has 90 valence electrons. The van der Waals surface area contributed by atoms with Crippen molar-refractivity contribution in [1.29, 1.82) is 0 Å². The maximum Gasteiger partial charge on any atom is 0.227 e. The fourth-order valence-corrected chi connectivity index (χ4v) is 2.31. The number of nitrogens with zero attached hydrogens (tertiary/aromatic N) is 1. The Labute approximate surface area is 108 Å². The van der Waals surface area contributed by atoms with Crippen LogP contribution < -0.4 is 10.0 Å². The van der Waals surface area contributed by atoms with Gasteiger partial charge in [0.25, 0.3) is 0 Å². The molecule has 0 bridgehead atoms. The number of hydrogen-bond acceptors (Lipinski definition) is 3. The number of carbonyl (C=O) groups is 2. The first-order chi connectivity index (χ1) is 7.99. The van der Waals surface area contributed by atoms with Crippen LogP contribution in [-0.2, 0) is 9.59 Å². The van der Waals surface area contributed by atoms with E-state index >= 15 is 0 Å². The minimum atomic E-state index is -1.22. The second-order valence-electron chi connectivity index (χ2n) is 3.82. The van der Waals surface area contributed by atoms with Crippen LogP contribution in [0.25, 0.3) is 0 Å². The molecule has 1 saturated heterocycles. The highest BCUT2D eigenvalue weighted by molar-refractivity contribution is 6.36. The quantitative estimate of drug-likeness (QED) is 0.810. The van der Waals surface area contributed by atoms with Crippen molar-refractivity contribution in [2.45, 2.75) is 6.42 Å². The zero-order valence-corrected chi connectivity index (χ0v) is 10.2. The Kier molecular flexibility index (Phi) is 3.26. The Morgan fingerprint density at radius 1 is 1.41 bits per heavy atom. The van der Waals surface area contributed by atoms with E-state index in [4.69, 9.17) is 23.2 Å². The van der Waals surface area contributed by atoms with Crippen LogP contribution in [0.5, 0.6) is 0 Å². The Morgan fingerprint density at radius 2 is 2.12 bits per heavy atom. The summed E-state index contributed by atoms with van der Waals surface area (Å²) in [6.45, 7) is 0.0858. The first-order valence-electron chi connectivity index (χ1n) is 4.95.